The van der Waals surface area contributed by atoms with Crippen LogP contribution in [0.2, 0.25) is 0 Å². The molecule has 1 aliphatic rings. The number of hydrogen-bond acceptors (Lipinski definition) is 4. The number of nitrogens with one attached hydrogen (secondary N) is 1. The van der Waals surface area contributed by atoms with Crippen LogP contribution in [0.5, 0.6) is 5.75 Å². The molecule has 2 amide bonds. The Kier molecular flexibility index (Phi) is 6.17. The van der Waals surface area contributed by atoms with E-state index in [1.807, 2.05) is 36.0 Å². The van der Waals surface area contributed by atoms with Crippen molar-refractivity contribution in [2.45, 2.75) is 35.8 Å². The Hall–Kier alpha value is -2.47. The molecule has 2 aromatic rings. The van der Waals surface area contributed by atoms with E-state index in [2.05, 4.69) is 5.32 Å². The summed E-state index contributed by atoms with van der Waals surface area (Å²) in [6.45, 7) is -0.134. The highest BCUT2D eigenvalue weighted by molar-refractivity contribution is 8.00. The molecule has 0 atom stereocenters. The first-order valence-corrected chi connectivity index (χ1v) is 9.58. The van der Waals surface area contributed by atoms with Gasteiger partial charge in [-0.05, 0) is 43.2 Å². The Morgan fingerprint density at radius 1 is 1.12 bits per heavy atom. The van der Waals surface area contributed by atoms with Crippen LogP contribution in [0.25, 0.3) is 0 Å². The van der Waals surface area contributed by atoms with Gasteiger partial charge in [-0.2, -0.15) is 0 Å². The molecule has 1 fully saturated rings. The van der Waals surface area contributed by atoms with Gasteiger partial charge in [-0.3, -0.25) is 9.59 Å². The standard InChI is InChI=1S/C20H22N2O3S/c21-20(24)14-6-5-7-15(12-14)25-13-19(23)22-17-10-3-4-11-18(17)26-16-8-1-2-9-16/h3-7,10-12,16H,1-2,8-9,13H2,(H2,21,24)(H,22,23). The van der Waals surface area contributed by atoms with Crippen molar-refractivity contribution >= 4 is 29.3 Å². The van der Waals surface area contributed by atoms with Crippen LogP contribution in [0.3, 0.4) is 0 Å². The van der Waals surface area contributed by atoms with E-state index in [-0.39, 0.29) is 12.5 Å². The first-order chi connectivity index (χ1) is 12.6. The van der Waals surface area contributed by atoms with Gasteiger partial charge in [0, 0.05) is 15.7 Å². The zero-order chi connectivity index (χ0) is 18.4. The first-order valence-electron chi connectivity index (χ1n) is 8.70. The second kappa shape index (κ2) is 8.76. The van der Waals surface area contributed by atoms with Gasteiger partial charge in [0.15, 0.2) is 6.61 Å². The summed E-state index contributed by atoms with van der Waals surface area (Å²) in [5, 5.41) is 3.54. The number of para-hydroxylation sites is 1. The first kappa shape index (κ1) is 18.3. The van der Waals surface area contributed by atoms with Crippen LogP contribution in [0.1, 0.15) is 36.0 Å². The zero-order valence-corrected chi connectivity index (χ0v) is 15.3. The number of amides is 2. The second-order valence-electron chi connectivity index (χ2n) is 6.25. The topological polar surface area (TPSA) is 81.4 Å². The minimum absolute atomic E-state index is 0.134. The molecular formula is C20H22N2O3S. The van der Waals surface area contributed by atoms with Gasteiger partial charge >= 0.3 is 0 Å². The fourth-order valence-electron chi connectivity index (χ4n) is 2.93. The number of nitrogens with two attached hydrogens (primary N) is 1. The number of primary amides is 1. The summed E-state index contributed by atoms with van der Waals surface area (Å²) in [7, 11) is 0. The quantitative estimate of drug-likeness (QED) is 0.776. The Labute approximate surface area is 157 Å². The van der Waals surface area contributed by atoms with Gasteiger partial charge in [0.2, 0.25) is 5.91 Å². The van der Waals surface area contributed by atoms with Gasteiger partial charge in [-0.15, -0.1) is 11.8 Å². The molecular weight excluding hydrogens is 348 g/mol. The second-order valence-corrected chi connectivity index (χ2v) is 7.59. The molecule has 0 aromatic heterocycles. The van der Waals surface area contributed by atoms with Crippen LogP contribution in [0.4, 0.5) is 5.69 Å². The predicted molar refractivity (Wildman–Crippen MR) is 104 cm³/mol. The number of thioether (sulfide) groups is 1. The highest BCUT2D eigenvalue weighted by Crippen LogP contribution is 2.37. The van der Waals surface area contributed by atoms with Crippen LogP contribution in [0, 0.1) is 0 Å². The molecule has 1 saturated carbocycles. The van der Waals surface area contributed by atoms with E-state index < -0.39 is 5.91 Å². The number of rotatable bonds is 7. The molecule has 3 rings (SSSR count). The van der Waals surface area contributed by atoms with Crippen molar-refractivity contribution in [3.8, 4) is 5.75 Å². The molecule has 0 bridgehead atoms. The average molecular weight is 370 g/mol. The molecule has 5 nitrogen and oxygen atoms in total. The van der Waals surface area contributed by atoms with E-state index in [1.54, 1.807) is 18.2 Å². The summed E-state index contributed by atoms with van der Waals surface area (Å²) >= 11 is 1.83. The minimum Gasteiger partial charge on any atom is -0.484 e. The largest absolute Gasteiger partial charge is 0.484 e. The lowest BCUT2D eigenvalue weighted by molar-refractivity contribution is -0.118. The Balaban J connectivity index is 1.58. The number of ether oxygens (including phenoxy) is 1. The smallest absolute Gasteiger partial charge is 0.262 e. The Morgan fingerprint density at radius 3 is 2.65 bits per heavy atom. The van der Waals surface area contributed by atoms with Gasteiger partial charge in [0.1, 0.15) is 5.75 Å². The number of anilines is 1. The van der Waals surface area contributed by atoms with Crippen molar-refractivity contribution in [3.05, 3.63) is 54.1 Å². The molecule has 136 valence electrons. The van der Waals surface area contributed by atoms with E-state index in [4.69, 9.17) is 10.5 Å². The van der Waals surface area contributed by atoms with Crippen LogP contribution in [0.15, 0.2) is 53.4 Å². The summed E-state index contributed by atoms with van der Waals surface area (Å²) in [5.41, 5.74) is 6.41. The molecule has 0 unspecified atom stereocenters. The molecule has 1 aliphatic carbocycles. The SMILES string of the molecule is NC(=O)c1cccc(OCC(=O)Nc2ccccc2SC2CCCC2)c1. The van der Waals surface area contributed by atoms with Gasteiger partial charge in [-0.25, -0.2) is 0 Å². The Morgan fingerprint density at radius 2 is 1.88 bits per heavy atom. The Bertz CT molecular complexity index is 788. The molecule has 0 spiro atoms. The molecule has 26 heavy (non-hydrogen) atoms. The minimum atomic E-state index is -0.530. The lowest BCUT2D eigenvalue weighted by Crippen LogP contribution is -2.20. The number of carbonyl (C=O) groups is 2. The maximum Gasteiger partial charge on any atom is 0.262 e. The van der Waals surface area contributed by atoms with Crippen molar-refractivity contribution < 1.29 is 14.3 Å². The maximum atomic E-state index is 12.3. The van der Waals surface area contributed by atoms with Crippen molar-refractivity contribution in [2.75, 3.05) is 11.9 Å². The maximum absolute atomic E-state index is 12.3. The molecule has 2 aromatic carbocycles. The van der Waals surface area contributed by atoms with E-state index in [0.29, 0.717) is 16.6 Å². The molecule has 0 radical (unpaired) electrons. The van der Waals surface area contributed by atoms with E-state index >= 15 is 0 Å². The summed E-state index contributed by atoms with van der Waals surface area (Å²) in [5.74, 6) is -0.336. The van der Waals surface area contributed by atoms with Crippen molar-refractivity contribution in [3.63, 3.8) is 0 Å². The summed E-state index contributed by atoms with van der Waals surface area (Å²) in [4.78, 5) is 24.5. The number of carbonyl (C=O) groups excluding carboxylic acids is 2. The van der Waals surface area contributed by atoms with Gasteiger partial charge in [0.25, 0.3) is 5.91 Å². The summed E-state index contributed by atoms with van der Waals surface area (Å²) < 4.78 is 5.48. The summed E-state index contributed by atoms with van der Waals surface area (Å²) in [6, 6.07) is 14.3. The highest BCUT2D eigenvalue weighted by atomic mass is 32.2. The third kappa shape index (κ3) is 5.02. The fraction of sp³-hybridized carbons (Fsp3) is 0.300. The molecule has 3 N–H and O–H groups in total. The monoisotopic (exact) mass is 370 g/mol. The molecule has 6 heteroatoms. The zero-order valence-electron chi connectivity index (χ0n) is 14.4. The predicted octanol–water partition coefficient (Wildman–Crippen LogP) is 3.84. The van der Waals surface area contributed by atoms with Crippen LogP contribution < -0.4 is 15.8 Å². The lowest BCUT2D eigenvalue weighted by atomic mass is 10.2. The third-order valence-corrected chi connectivity index (χ3v) is 5.66. The highest BCUT2D eigenvalue weighted by Gasteiger charge is 2.18. The van der Waals surface area contributed by atoms with E-state index in [1.165, 1.54) is 31.7 Å². The van der Waals surface area contributed by atoms with Crippen molar-refractivity contribution in [1.29, 1.82) is 0 Å². The average Bonchev–Trinajstić information content (AvgIpc) is 3.15. The summed E-state index contributed by atoms with van der Waals surface area (Å²) in [6.07, 6.45) is 5.02. The van der Waals surface area contributed by atoms with Gasteiger partial charge in [-0.1, -0.05) is 31.0 Å². The number of hydrogen-bond donors (Lipinski definition) is 2. The van der Waals surface area contributed by atoms with Gasteiger partial charge < -0.3 is 15.8 Å². The van der Waals surface area contributed by atoms with Crippen LogP contribution >= 0.6 is 11.8 Å². The van der Waals surface area contributed by atoms with Crippen LogP contribution in [-0.2, 0) is 4.79 Å². The van der Waals surface area contributed by atoms with Gasteiger partial charge in [0.05, 0.1) is 5.69 Å². The molecule has 0 aliphatic heterocycles. The van der Waals surface area contributed by atoms with Crippen molar-refractivity contribution in [2.24, 2.45) is 5.73 Å². The van der Waals surface area contributed by atoms with E-state index in [0.717, 1.165) is 10.6 Å². The van der Waals surface area contributed by atoms with Crippen molar-refractivity contribution in [1.82, 2.24) is 0 Å². The lowest BCUT2D eigenvalue weighted by Gasteiger charge is -2.14. The normalized spacial score (nSPS) is 14.2. The fourth-order valence-corrected chi connectivity index (χ4v) is 4.26. The molecule has 0 saturated heterocycles. The number of benzene rings is 2. The van der Waals surface area contributed by atoms with E-state index in [9.17, 15) is 9.59 Å². The molecule has 0 heterocycles. The third-order valence-electron chi connectivity index (χ3n) is 4.25. The van der Waals surface area contributed by atoms with Crippen LogP contribution in [-0.4, -0.2) is 23.7 Å².